The summed E-state index contributed by atoms with van der Waals surface area (Å²) in [6.45, 7) is 13.9. The molecular weight excluding hydrogens is 530 g/mol. The molecule has 0 unspecified atom stereocenters. The summed E-state index contributed by atoms with van der Waals surface area (Å²) in [6.07, 6.45) is 0.505. The van der Waals surface area contributed by atoms with Crippen molar-refractivity contribution in [2.75, 3.05) is 38.7 Å². The number of nitrogens with one attached hydrogen (secondary N) is 1. The minimum absolute atomic E-state index is 0.174. The van der Waals surface area contributed by atoms with Crippen molar-refractivity contribution in [3.05, 3.63) is 41.2 Å². The molecule has 0 saturated carbocycles. The van der Waals surface area contributed by atoms with Gasteiger partial charge >= 0.3 is 24.0 Å². The van der Waals surface area contributed by atoms with Crippen LogP contribution in [-0.2, 0) is 25.4 Å². The van der Waals surface area contributed by atoms with Crippen LogP contribution in [0, 0.1) is 0 Å². The predicted molar refractivity (Wildman–Crippen MR) is 153 cm³/mol. The molecular formula is C29H43N5O7. The molecule has 12 nitrogen and oxygen atoms in total. The first kappa shape index (κ1) is 33.2. The van der Waals surface area contributed by atoms with Gasteiger partial charge in [-0.05, 0) is 72.6 Å². The zero-order valence-electron chi connectivity index (χ0n) is 25.4. The van der Waals surface area contributed by atoms with Gasteiger partial charge in [0.25, 0.3) is 0 Å². The quantitative estimate of drug-likeness (QED) is 0.269. The number of anilines is 1. The lowest BCUT2D eigenvalue weighted by Gasteiger charge is -2.27. The first-order valence-corrected chi connectivity index (χ1v) is 13.7. The molecule has 0 aliphatic heterocycles. The van der Waals surface area contributed by atoms with Crippen LogP contribution in [0.25, 0.3) is 0 Å². The number of rotatable bonds is 13. The molecule has 2 aromatic rings. The molecule has 0 saturated heterocycles. The van der Waals surface area contributed by atoms with Crippen molar-refractivity contribution < 1.29 is 33.3 Å². The third-order valence-corrected chi connectivity index (χ3v) is 5.22. The highest BCUT2D eigenvalue weighted by atomic mass is 16.6. The SMILES string of the molecule is CCOc1nc(Cc2ccc(C(=O)OC)cc2)nc(NCCN(CCCC(=O)OC(C)(C)C)C(=O)OC(C)(C)C)n1. The summed E-state index contributed by atoms with van der Waals surface area (Å²) in [6, 6.07) is 7.14. The summed E-state index contributed by atoms with van der Waals surface area (Å²) >= 11 is 0. The van der Waals surface area contributed by atoms with Crippen LogP contribution in [0.4, 0.5) is 10.7 Å². The van der Waals surface area contributed by atoms with Crippen molar-refractivity contribution in [1.82, 2.24) is 19.9 Å². The van der Waals surface area contributed by atoms with Gasteiger partial charge in [-0.2, -0.15) is 15.0 Å². The number of ether oxygens (including phenoxy) is 4. The van der Waals surface area contributed by atoms with Crippen molar-refractivity contribution in [3.8, 4) is 6.01 Å². The predicted octanol–water partition coefficient (Wildman–Crippen LogP) is 4.42. The van der Waals surface area contributed by atoms with Crippen molar-refractivity contribution in [3.63, 3.8) is 0 Å². The lowest BCUT2D eigenvalue weighted by molar-refractivity contribution is -0.155. The van der Waals surface area contributed by atoms with E-state index in [-0.39, 0.29) is 24.9 Å². The molecule has 0 radical (unpaired) electrons. The van der Waals surface area contributed by atoms with Gasteiger partial charge in [0, 0.05) is 32.5 Å². The third-order valence-electron chi connectivity index (χ3n) is 5.22. The number of aromatic nitrogens is 3. The molecule has 0 aliphatic carbocycles. The van der Waals surface area contributed by atoms with E-state index in [4.69, 9.17) is 18.9 Å². The van der Waals surface area contributed by atoms with E-state index in [1.807, 2.05) is 27.7 Å². The Kier molecular flexibility index (Phi) is 12.3. The average molecular weight is 574 g/mol. The van der Waals surface area contributed by atoms with Gasteiger partial charge in [-0.3, -0.25) is 4.79 Å². The van der Waals surface area contributed by atoms with Crippen molar-refractivity contribution in [1.29, 1.82) is 0 Å². The highest BCUT2D eigenvalue weighted by molar-refractivity contribution is 5.89. The smallest absolute Gasteiger partial charge is 0.410 e. The Hall–Kier alpha value is -3.96. The van der Waals surface area contributed by atoms with Crippen LogP contribution in [0.5, 0.6) is 6.01 Å². The number of esters is 2. The number of methoxy groups -OCH3 is 1. The molecule has 226 valence electrons. The van der Waals surface area contributed by atoms with Crippen LogP contribution in [0.2, 0.25) is 0 Å². The van der Waals surface area contributed by atoms with Gasteiger partial charge in [0.05, 0.1) is 19.3 Å². The normalized spacial score (nSPS) is 11.4. The van der Waals surface area contributed by atoms with Crippen LogP contribution in [0.1, 0.15) is 83.1 Å². The van der Waals surface area contributed by atoms with Crippen LogP contribution >= 0.6 is 0 Å². The second-order valence-corrected chi connectivity index (χ2v) is 11.2. The molecule has 0 fully saturated rings. The van der Waals surface area contributed by atoms with E-state index < -0.39 is 23.3 Å². The lowest BCUT2D eigenvalue weighted by Crippen LogP contribution is -2.40. The Morgan fingerprint density at radius 3 is 2.15 bits per heavy atom. The summed E-state index contributed by atoms with van der Waals surface area (Å²) in [4.78, 5) is 51.4. The van der Waals surface area contributed by atoms with Gasteiger partial charge < -0.3 is 29.2 Å². The molecule has 0 atom stereocenters. The standard InChI is InChI=1S/C29H43N5O7/c1-9-39-26-32-22(19-20-12-14-21(15-13-20)24(36)38-8)31-25(33-26)30-16-18-34(27(37)41-29(5,6)7)17-10-11-23(35)40-28(2,3)4/h12-15H,9-11,16-19H2,1-8H3,(H,30,31,32,33). The van der Waals surface area contributed by atoms with Gasteiger partial charge in [0.15, 0.2) is 0 Å². The largest absolute Gasteiger partial charge is 0.465 e. The molecule has 1 aromatic heterocycles. The van der Waals surface area contributed by atoms with Crippen LogP contribution < -0.4 is 10.1 Å². The second-order valence-electron chi connectivity index (χ2n) is 11.2. The summed E-state index contributed by atoms with van der Waals surface area (Å²) < 4.78 is 21.2. The van der Waals surface area contributed by atoms with E-state index >= 15 is 0 Å². The van der Waals surface area contributed by atoms with Crippen molar-refractivity contribution >= 4 is 24.0 Å². The number of hydrogen-bond donors (Lipinski definition) is 1. The van der Waals surface area contributed by atoms with E-state index in [1.165, 1.54) is 12.0 Å². The Balaban J connectivity index is 2.08. The van der Waals surface area contributed by atoms with E-state index in [9.17, 15) is 14.4 Å². The maximum Gasteiger partial charge on any atom is 0.410 e. The minimum atomic E-state index is -0.668. The number of hydrogen-bond acceptors (Lipinski definition) is 11. The molecule has 0 spiro atoms. The number of carbonyl (C=O) groups excluding carboxylic acids is 3. The Morgan fingerprint density at radius 2 is 1.56 bits per heavy atom. The zero-order valence-corrected chi connectivity index (χ0v) is 25.4. The van der Waals surface area contributed by atoms with Crippen LogP contribution in [0.3, 0.4) is 0 Å². The van der Waals surface area contributed by atoms with Gasteiger partial charge in [-0.25, -0.2) is 9.59 Å². The molecule has 1 amide bonds. The van der Waals surface area contributed by atoms with Gasteiger partial charge in [0.2, 0.25) is 5.95 Å². The monoisotopic (exact) mass is 573 g/mol. The molecule has 1 N–H and O–H groups in total. The van der Waals surface area contributed by atoms with Gasteiger partial charge in [-0.15, -0.1) is 0 Å². The van der Waals surface area contributed by atoms with Crippen LogP contribution in [-0.4, -0.2) is 82.4 Å². The second kappa shape index (κ2) is 15.2. The highest BCUT2D eigenvalue weighted by Crippen LogP contribution is 2.15. The molecule has 1 heterocycles. The molecule has 0 aliphatic rings. The molecule has 2 rings (SSSR count). The Morgan fingerprint density at radius 1 is 0.902 bits per heavy atom. The number of carbonyl (C=O) groups is 3. The van der Waals surface area contributed by atoms with Gasteiger partial charge in [-0.1, -0.05) is 12.1 Å². The molecule has 0 bridgehead atoms. The maximum atomic E-state index is 12.9. The summed E-state index contributed by atoms with van der Waals surface area (Å²) in [7, 11) is 1.33. The fourth-order valence-corrected chi connectivity index (χ4v) is 3.54. The molecule has 1 aromatic carbocycles. The third kappa shape index (κ3) is 12.8. The number of nitrogens with zero attached hydrogens (tertiary/aromatic N) is 4. The highest BCUT2D eigenvalue weighted by Gasteiger charge is 2.23. The summed E-state index contributed by atoms with van der Waals surface area (Å²) in [5, 5.41) is 3.14. The van der Waals surface area contributed by atoms with Crippen molar-refractivity contribution in [2.45, 2.75) is 78.9 Å². The van der Waals surface area contributed by atoms with Crippen molar-refractivity contribution in [2.24, 2.45) is 0 Å². The molecule has 12 heteroatoms. The van der Waals surface area contributed by atoms with Crippen LogP contribution in [0.15, 0.2) is 24.3 Å². The topological polar surface area (TPSA) is 142 Å². The maximum absolute atomic E-state index is 12.9. The first-order chi connectivity index (χ1) is 19.2. The Bertz CT molecular complexity index is 1160. The fourth-order valence-electron chi connectivity index (χ4n) is 3.54. The first-order valence-electron chi connectivity index (χ1n) is 13.7. The van der Waals surface area contributed by atoms with Gasteiger partial charge in [0.1, 0.15) is 17.0 Å². The van der Waals surface area contributed by atoms with E-state index in [2.05, 4.69) is 20.3 Å². The minimum Gasteiger partial charge on any atom is -0.465 e. The lowest BCUT2D eigenvalue weighted by atomic mass is 10.1. The van der Waals surface area contributed by atoms with E-state index in [0.717, 1.165) is 5.56 Å². The fraction of sp³-hybridized carbons (Fsp3) is 0.586. The summed E-state index contributed by atoms with van der Waals surface area (Å²) in [5.41, 5.74) is 0.101. The Labute approximate surface area is 242 Å². The van der Waals surface area contributed by atoms with E-state index in [0.29, 0.717) is 49.9 Å². The summed E-state index contributed by atoms with van der Waals surface area (Å²) in [5.74, 6) is 0.0358. The average Bonchev–Trinajstić information content (AvgIpc) is 2.86. The zero-order chi connectivity index (χ0) is 30.6. The number of amides is 1. The molecule has 41 heavy (non-hydrogen) atoms. The van der Waals surface area contributed by atoms with E-state index in [1.54, 1.807) is 45.0 Å². The number of benzene rings is 1.